The molecule has 0 saturated heterocycles. The van der Waals surface area contributed by atoms with Crippen molar-refractivity contribution in [3.63, 3.8) is 0 Å². The van der Waals surface area contributed by atoms with Gasteiger partial charge in [0.2, 0.25) is 6.29 Å². The fourth-order valence-electron chi connectivity index (χ4n) is 1.03. The summed E-state index contributed by atoms with van der Waals surface area (Å²) < 4.78 is 20.2. The summed E-state index contributed by atoms with van der Waals surface area (Å²) in [7, 11) is 4.87. The molecule has 7 nitrogen and oxygen atoms in total. The topological polar surface area (TPSA) is 91.3 Å². The standard InChI is InChI=1S/C10H18O7Si/c1-14-9(6-10(18,15-2)16-3)17-8(13)5-4-7(11)12/h4-5,9H,6H2,1-3,18H3,(H,11,12)/b5-4+. The molecule has 0 aliphatic heterocycles. The van der Waals surface area contributed by atoms with Crippen LogP contribution in [-0.2, 0) is 28.5 Å². The van der Waals surface area contributed by atoms with Gasteiger partial charge in [-0.15, -0.1) is 0 Å². The Morgan fingerprint density at radius 2 is 1.83 bits per heavy atom. The zero-order chi connectivity index (χ0) is 14.2. The Bertz CT molecular complexity index is 311. The summed E-state index contributed by atoms with van der Waals surface area (Å²) in [6.07, 6.45) is 0.835. The van der Waals surface area contributed by atoms with Gasteiger partial charge in [0, 0.05) is 33.5 Å². The molecular weight excluding hydrogens is 260 g/mol. The lowest BCUT2D eigenvalue weighted by Gasteiger charge is -2.29. The molecule has 0 bridgehead atoms. The van der Waals surface area contributed by atoms with Crippen molar-refractivity contribution in [2.75, 3.05) is 21.3 Å². The molecule has 1 N–H and O–H groups in total. The SMILES string of the molecule is COC(CC([SiH3])(OC)OC)OC(=O)/C=C/C(=O)O. The molecule has 0 spiro atoms. The Morgan fingerprint density at radius 3 is 2.22 bits per heavy atom. The molecule has 0 heterocycles. The lowest BCUT2D eigenvalue weighted by Crippen LogP contribution is -2.40. The van der Waals surface area contributed by atoms with Crippen LogP contribution in [0.25, 0.3) is 0 Å². The Kier molecular flexibility index (Phi) is 7.44. The van der Waals surface area contributed by atoms with Gasteiger partial charge >= 0.3 is 11.9 Å². The number of carboxylic acids is 1. The highest BCUT2D eigenvalue weighted by molar-refractivity contribution is 6.13. The van der Waals surface area contributed by atoms with Crippen molar-refractivity contribution < 1.29 is 33.6 Å². The number of hydrogen-bond acceptors (Lipinski definition) is 6. The minimum absolute atomic E-state index is 0.204. The predicted octanol–water partition coefficient (Wildman–Crippen LogP) is -1.15. The van der Waals surface area contributed by atoms with Gasteiger partial charge in [0.05, 0.1) is 16.7 Å². The third kappa shape index (κ3) is 6.50. The fraction of sp³-hybridized carbons (Fsp3) is 0.600. The van der Waals surface area contributed by atoms with Crippen molar-refractivity contribution in [1.82, 2.24) is 0 Å². The van der Waals surface area contributed by atoms with Crippen molar-refractivity contribution in [2.24, 2.45) is 0 Å². The Labute approximate surface area is 108 Å². The van der Waals surface area contributed by atoms with Gasteiger partial charge in [0.15, 0.2) is 0 Å². The van der Waals surface area contributed by atoms with Crippen molar-refractivity contribution in [2.45, 2.75) is 18.1 Å². The molecule has 0 radical (unpaired) electrons. The Balaban J connectivity index is 4.43. The van der Waals surface area contributed by atoms with Crippen molar-refractivity contribution >= 4 is 22.2 Å². The molecular formula is C10H18O7Si. The van der Waals surface area contributed by atoms with Crippen LogP contribution in [0.15, 0.2) is 12.2 Å². The highest BCUT2D eigenvalue weighted by Gasteiger charge is 2.29. The Morgan fingerprint density at radius 1 is 1.28 bits per heavy atom. The summed E-state index contributed by atoms with van der Waals surface area (Å²) in [6.45, 7) is 0. The first kappa shape index (κ1) is 16.8. The van der Waals surface area contributed by atoms with Crippen molar-refractivity contribution in [1.29, 1.82) is 0 Å². The second-order valence-corrected chi connectivity index (χ2v) is 5.04. The first-order valence-electron chi connectivity index (χ1n) is 5.11. The van der Waals surface area contributed by atoms with Crippen LogP contribution in [0.2, 0.25) is 0 Å². The van der Waals surface area contributed by atoms with Crippen LogP contribution < -0.4 is 0 Å². The number of carboxylic acid groups (broad SMARTS) is 1. The number of ether oxygens (including phenoxy) is 4. The third-order valence-corrected chi connectivity index (χ3v) is 3.50. The quantitative estimate of drug-likeness (QED) is 0.259. The third-order valence-electron chi connectivity index (χ3n) is 2.27. The molecule has 104 valence electrons. The Hall–Kier alpha value is -1.22. The summed E-state index contributed by atoms with van der Waals surface area (Å²) >= 11 is 0. The number of carbonyl (C=O) groups excluding carboxylic acids is 1. The lowest BCUT2D eigenvalue weighted by molar-refractivity contribution is -0.209. The molecule has 0 fully saturated rings. The monoisotopic (exact) mass is 278 g/mol. The highest BCUT2D eigenvalue weighted by Crippen LogP contribution is 2.16. The fourth-order valence-corrected chi connectivity index (χ4v) is 1.37. The van der Waals surface area contributed by atoms with Crippen molar-refractivity contribution in [3.8, 4) is 0 Å². The summed E-state index contributed by atoms with van der Waals surface area (Å²) in [6, 6.07) is 0. The van der Waals surface area contributed by atoms with E-state index in [0.29, 0.717) is 16.3 Å². The van der Waals surface area contributed by atoms with Gasteiger partial charge in [0.25, 0.3) is 0 Å². The minimum atomic E-state index is -1.23. The maximum Gasteiger partial charge on any atom is 0.333 e. The van der Waals surface area contributed by atoms with Gasteiger partial charge < -0.3 is 24.1 Å². The maximum atomic E-state index is 11.3. The van der Waals surface area contributed by atoms with E-state index >= 15 is 0 Å². The number of rotatable bonds is 8. The zero-order valence-corrected chi connectivity index (χ0v) is 12.8. The molecule has 0 aromatic carbocycles. The summed E-state index contributed by atoms with van der Waals surface area (Å²) in [5.41, 5.74) is -0.822. The van der Waals surface area contributed by atoms with Crippen LogP contribution in [0, 0.1) is 0 Å². The lowest BCUT2D eigenvalue weighted by atomic mass is 10.4. The van der Waals surface area contributed by atoms with Gasteiger partial charge in [-0.25, -0.2) is 9.59 Å². The first-order valence-corrected chi connectivity index (χ1v) is 6.11. The van der Waals surface area contributed by atoms with Crippen molar-refractivity contribution in [3.05, 3.63) is 12.2 Å². The number of methoxy groups -OCH3 is 3. The van der Waals surface area contributed by atoms with E-state index in [1.807, 2.05) is 0 Å². The van der Waals surface area contributed by atoms with Crippen LogP contribution in [-0.4, -0.2) is 60.3 Å². The molecule has 1 unspecified atom stereocenters. The van der Waals surface area contributed by atoms with E-state index in [9.17, 15) is 9.59 Å². The molecule has 0 aliphatic carbocycles. The molecule has 0 aromatic rings. The summed E-state index contributed by atoms with van der Waals surface area (Å²) in [4.78, 5) is 21.5. The number of esters is 1. The van der Waals surface area contributed by atoms with E-state index in [0.717, 1.165) is 6.08 Å². The van der Waals surface area contributed by atoms with Crippen LogP contribution in [0.1, 0.15) is 6.42 Å². The molecule has 0 amide bonds. The maximum absolute atomic E-state index is 11.3. The van der Waals surface area contributed by atoms with E-state index in [4.69, 9.17) is 24.1 Å². The van der Waals surface area contributed by atoms with Gasteiger partial charge in [-0.1, -0.05) is 0 Å². The van der Waals surface area contributed by atoms with Crippen LogP contribution >= 0.6 is 0 Å². The van der Waals surface area contributed by atoms with E-state index < -0.39 is 23.6 Å². The molecule has 0 rings (SSSR count). The van der Waals surface area contributed by atoms with Gasteiger partial charge in [0.1, 0.15) is 5.41 Å². The largest absolute Gasteiger partial charge is 0.478 e. The van der Waals surface area contributed by atoms with E-state index in [-0.39, 0.29) is 6.42 Å². The molecule has 0 aromatic heterocycles. The van der Waals surface area contributed by atoms with Gasteiger partial charge in [-0.3, -0.25) is 0 Å². The van der Waals surface area contributed by atoms with Crippen LogP contribution in [0.5, 0.6) is 0 Å². The van der Waals surface area contributed by atoms with E-state index in [2.05, 4.69) is 0 Å². The highest BCUT2D eigenvalue weighted by atomic mass is 28.1. The second kappa shape index (κ2) is 7.98. The number of hydrogen-bond donors (Lipinski definition) is 1. The zero-order valence-electron chi connectivity index (χ0n) is 10.8. The average molecular weight is 278 g/mol. The van der Waals surface area contributed by atoms with Crippen LogP contribution in [0.4, 0.5) is 0 Å². The van der Waals surface area contributed by atoms with Gasteiger partial charge in [-0.2, -0.15) is 0 Å². The van der Waals surface area contributed by atoms with Gasteiger partial charge in [-0.05, 0) is 0 Å². The minimum Gasteiger partial charge on any atom is -0.478 e. The smallest absolute Gasteiger partial charge is 0.333 e. The second-order valence-electron chi connectivity index (χ2n) is 3.52. The summed E-state index contributed by atoms with van der Waals surface area (Å²) in [5.74, 6) is -2.03. The molecule has 18 heavy (non-hydrogen) atoms. The summed E-state index contributed by atoms with van der Waals surface area (Å²) in [5, 5.41) is 8.36. The van der Waals surface area contributed by atoms with E-state index in [1.54, 1.807) is 0 Å². The number of aliphatic carboxylic acids is 1. The average Bonchev–Trinajstić information content (AvgIpc) is 2.35. The molecule has 0 saturated carbocycles. The van der Waals surface area contributed by atoms with Crippen LogP contribution in [0.3, 0.4) is 0 Å². The predicted molar refractivity (Wildman–Crippen MR) is 65.0 cm³/mol. The molecule has 0 aliphatic rings. The molecule has 1 atom stereocenters. The van der Waals surface area contributed by atoms with E-state index in [1.165, 1.54) is 21.3 Å². The molecule has 8 heteroatoms. The number of carbonyl (C=O) groups is 2. The normalized spacial score (nSPS) is 13.7. The first-order chi connectivity index (χ1) is 8.36.